The Bertz CT molecular complexity index is 440. The summed E-state index contributed by atoms with van der Waals surface area (Å²) in [6, 6.07) is 6.28. The molecule has 2 rings (SSSR count). The number of nitrogen functional groups attached to an aromatic ring is 1. The zero-order valence-electron chi connectivity index (χ0n) is 11.6. The number of nitrogens with zero attached hydrogens (tertiary/aromatic N) is 1. The van der Waals surface area contributed by atoms with Gasteiger partial charge in [-0.3, -0.25) is 0 Å². The van der Waals surface area contributed by atoms with Crippen LogP contribution in [0.2, 0.25) is 0 Å². The SMILES string of the molecule is CN(CC1CC1)[C@H](CN)Cc1ccc(N)c(C=N)c1. The molecule has 0 unspecified atom stereocenters. The number of likely N-dealkylation sites (N-methyl/N-ethyl adjacent to an activating group) is 1. The minimum atomic E-state index is 0.364. The number of nitrogens with one attached hydrogen (secondary N) is 1. The highest BCUT2D eigenvalue weighted by Crippen LogP contribution is 2.30. The Hall–Kier alpha value is -1.39. The Morgan fingerprint density at radius 3 is 2.79 bits per heavy atom. The quantitative estimate of drug-likeness (QED) is 0.513. The number of rotatable bonds is 7. The number of hydrogen-bond donors (Lipinski definition) is 3. The van der Waals surface area contributed by atoms with Gasteiger partial charge in [0.2, 0.25) is 0 Å². The number of anilines is 1. The average Bonchev–Trinajstić information content (AvgIpc) is 3.21. The molecule has 0 aliphatic heterocycles. The van der Waals surface area contributed by atoms with E-state index in [1.807, 2.05) is 18.2 Å². The van der Waals surface area contributed by atoms with Crippen molar-refractivity contribution >= 4 is 11.9 Å². The van der Waals surface area contributed by atoms with Crippen LogP contribution in [0.25, 0.3) is 0 Å². The fraction of sp³-hybridized carbons (Fsp3) is 0.533. The van der Waals surface area contributed by atoms with E-state index in [9.17, 15) is 0 Å². The van der Waals surface area contributed by atoms with Crippen molar-refractivity contribution in [1.29, 1.82) is 5.41 Å². The summed E-state index contributed by atoms with van der Waals surface area (Å²) < 4.78 is 0. The van der Waals surface area contributed by atoms with Gasteiger partial charge in [0, 0.05) is 36.6 Å². The Morgan fingerprint density at radius 1 is 1.47 bits per heavy atom. The lowest BCUT2D eigenvalue weighted by Gasteiger charge is -2.27. The molecule has 1 aromatic carbocycles. The first-order valence-electron chi connectivity index (χ1n) is 6.93. The predicted molar refractivity (Wildman–Crippen MR) is 80.6 cm³/mol. The van der Waals surface area contributed by atoms with Crippen molar-refractivity contribution in [2.45, 2.75) is 25.3 Å². The van der Waals surface area contributed by atoms with Crippen LogP contribution in [0.5, 0.6) is 0 Å². The van der Waals surface area contributed by atoms with Crippen molar-refractivity contribution in [2.24, 2.45) is 11.7 Å². The maximum Gasteiger partial charge on any atom is 0.0403 e. The fourth-order valence-electron chi connectivity index (χ4n) is 2.42. The molecule has 0 bridgehead atoms. The van der Waals surface area contributed by atoms with E-state index in [0.717, 1.165) is 24.4 Å². The van der Waals surface area contributed by atoms with Gasteiger partial charge in [0.25, 0.3) is 0 Å². The molecule has 5 N–H and O–H groups in total. The molecule has 4 heteroatoms. The van der Waals surface area contributed by atoms with Crippen molar-refractivity contribution in [1.82, 2.24) is 4.90 Å². The van der Waals surface area contributed by atoms with E-state index >= 15 is 0 Å². The van der Waals surface area contributed by atoms with Gasteiger partial charge in [-0.25, -0.2) is 0 Å². The number of nitrogens with two attached hydrogens (primary N) is 2. The summed E-state index contributed by atoms with van der Waals surface area (Å²) in [4.78, 5) is 2.37. The van der Waals surface area contributed by atoms with Crippen molar-refractivity contribution < 1.29 is 0 Å². The maximum absolute atomic E-state index is 7.35. The Kier molecular flexibility index (Phi) is 4.56. The zero-order chi connectivity index (χ0) is 13.8. The van der Waals surface area contributed by atoms with E-state index < -0.39 is 0 Å². The van der Waals surface area contributed by atoms with Gasteiger partial charge in [0.15, 0.2) is 0 Å². The van der Waals surface area contributed by atoms with E-state index in [-0.39, 0.29) is 0 Å². The summed E-state index contributed by atoms with van der Waals surface area (Å²) in [5, 5.41) is 7.35. The highest BCUT2D eigenvalue weighted by molar-refractivity contribution is 5.85. The molecular weight excluding hydrogens is 236 g/mol. The van der Waals surface area contributed by atoms with Crippen LogP contribution in [-0.2, 0) is 6.42 Å². The molecule has 0 saturated heterocycles. The Balaban J connectivity index is 2.02. The van der Waals surface area contributed by atoms with Crippen molar-refractivity contribution in [3.05, 3.63) is 29.3 Å². The van der Waals surface area contributed by atoms with Crippen LogP contribution in [0, 0.1) is 11.3 Å². The van der Waals surface area contributed by atoms with Crippen LogP contribution in [0.3, 0.4) is 0 Å². The van der Waals surface area contributed by atoms with E-state index in [4.69, 9.17) is 16.9 Å². The number of benzene rings is 1. The van der Waals surface area contributed by atoms with Gasteiger partial charge >= 0.3 is 0 Å². The molecule has 1 fully saturated rings. The Labute approximate surface area is 115 Å². The molecule has 1 aliphatic carbocycles. The molecule has 104 valence electrons. The molecular formula is C15H24N4. The summed E-state index contributed by atoms with van der Waals surface area (Å²) in [6.45, 7) is 1.81. The van der Waals surface area contributed by atoms with Crippen LogP contribution >= 0.6 is 0 Å². The van der Waals surface area contributed by atoms with Crippen LogP contribution in [0.4, 0.5) is 5.69 Å². The lowest BCUT2D eigenvalue weighted by molar-refractivity contribution is 0.236. The molecule has 0 amide bonds. The van der Waals surface area contributed by atoms with Crippen molar-refractivity contribution in [2.75, 3.05) is 25.9 Å². The molecule has 0 spiro atoms. The summed E-state index contributed by atoms with van der Waals surface area (Å²) in [5.41, 5.74) is 14.4. The maximum atomic E-state index is 7.35. The van der Waals surface area contributed by atoms with Gasteiger partial charge in [-0.15, -0.1) is 0 Å². The van der Waals surface area contributed by atoms with E-state index in [2.05, 4.69) is 11.9 Å². The minimum absolute atomic E-state index is 0.364. The predicted octanol–water partition coefficient (Wildman–Crippen LogP) is 1.48. The second-order valence-corrected chi connectivity index (χ2v) is 5.58. The summed E-state index contributed by atoms with van der Waals surface area (Å²) in [5.74, 6) is 0.877. The first kappa shape index (κ1) is 14.0. The highest BCUT2D eigenvalue weighted by atomic mass is 15.1. The smallest absolute Gasteiger partial charge is 0.0403 e. The molecule has 4 nitrogen and oxygen atoms in total. The first-order chi connectivity index (χ1) is 9.13. The van der Waals surface area contributed by atoms with Crippen LogP contribution in [0.15, 0.2) is 18.2 Å². The molecule has 0 aromatic heterocycles. The number of hydrogen-bond acceptors (Lipinski definition) is 4. The van der Waals surface area contributed by atoms with E-state index in [1.54, 1.807) is 0 Å². The third kappa shape index (κ3) is 3.78. The van der Waals surface area contributed by atoms with Gasteiger partial charge < -0.3 is 21.8 Å². The van der Waals surface area contributed by atoms with Gasteiger partial charge in [0.1, 0.15) is 0 Å². The first-order valence-corrected chi connectivity index (χ1v) is 6.93. The van der Waals surface area contributed by atoms with E-state index in [1.165, 1.54) is 24.6 Å². The third-order valence-electron chi connectivity index (χ3n) is 3.92. The summed E-state index contributed by atoms with van der Waals surface area (Å²) in [7, 11) is 2.16. The molecule has 0 radical (unpaired) electrons. The molecule has 1 saturated carbocycles. The van der Waals surface area contributed by atoms with Gasteiger partial charge in [-0.2, -0.15) is 0 Å². The monoisotopic (exact) mass is 260 g/mol. The minimum Gasteiger partial charge on any atom is -0.398 e. The summed E-state index contributed by atoms with van der Waals surface area (Å²) >= 11 is 0. The van der Waals surface area contributed by atoms with Crippen LogP contribution < -0.4 is 11.5 Å². The molecule has 19 heavy (non-hydrogen) atoms. The van der Waals surface area contributed by atoms with Crippen molar-refractivity contribution in [3.8, 4) is 0 Å². The highest BCUT2D eigenvalue weighted by Gasteiger charge is 2.25. The molecule has 1 atom stereocenters. The topological polar surface area (TPSA) is 79.1 Å². The summed E-state index contributed by atoms with van der Waals surface area (Å²) in [6.07, 6.45) is 4.95. The van der Waals surface area contributed by atoms with Crippen LogP contribution in [-0.4, -0.2) is 37.3 Å². The lowest BCUT2D eigenvalue weighted by atomic mass is 10.0. The van der Waals surface area contributed by atoms with Gasteiger partial charge in [0.05, 0.1) is 0 Å². The average molecular weight is 260 g/mol. The van der Waals surface area contributed by atoms with Gasteiger partial charge in [-0.05, 0) is 49.9 Å². The molecule has 0 heterocycles. The largest absolute Gasteiger partial charge is 0.398 e. The normalized spacial score (nSPS) is 16.6. The Morgan fingerprint density at radius 2 is 2.21 bits per heavy atom. The zero-order valence-corrected chi connectivity index (χ0v) is 11.6. The standard InChI is InChI=1S/C15H24N4/c1-19(10-11-2-3-11)14(9-17)7-12-4-5-15(18)13(6-12)8-16/h4-6,8,11,14,16H,2-3,7,9-10,17-18H2,1H3/t14-/m0/s1. The third-order valence-corrected chi connectivity index (χ3v) is 3.92. The van der Waals surface area contributed by atoms with Crippen LogP contribution in [0.1, 0.15) is 24.0 Å². The van der Waals surface area contributed by atoms with Gasteiger partial charge in [-0.1, -0.05) is 6.07 Å². The van der Waals surface area contributed by atoms with E-state index in [0.29, 0.717) is 18.3 Å². The fourth-order valence-corrected chi connectivity index (χ4v) is 2.42. The molecule has 1 aromatic rings. The second-order valence-electron chi connectivity index (χ2n) is 5.58. The second kappa shape index (κ2) is 6.17. The molecule has 1 aliphatic rings. The van der Waals surface area contributed by atoms with Crippen molar-refractivity contribution in [3.63, 3.8) is 0 Å². The lowest BCUT2D eigenvalue weighted by Crippen LogP contribution is -2.40.